The normalized spacial score (nSPS) is 10.6. The predicted molar refractivity (Wildman–Crippen MR) is 81.7 cm³/mol. The first-order valence-corrected chi connectivity index (χ1v) is 6.75. The Hall–Kier alpha value is -1.94. The highest BCUT2D eigenvalue weighted by Crippen LogP contribution is 2.25. The van der Waals surface area contributed by atoms with E-state index in [0.717, 1.165) is 26.9 Å². The molecule has 0 unspecified atom stereocenters. The number of aryl methyl sites for hydroxylation is 1. The van der Waals surface area contributed by atoms with Crippen LogP contribution in [0.1, 0.15) is 5.56 Å². The molecule has 4 heteroatoms. The van der Waals surface area contributed by atoms with Gasteiger partial charge in [0.15, 0.2) is 0 Å². The van der Waals surface area contributed by atoms with Gasteiger partial charge in [-0.25, -0.2) is 9.97 Å². The minimum atomic E-state index is 0.815. The van der Waals surface area contributed by atoms with E-state index in [1.165, 1.54) is 5.56 Å². The van der Waals surface area contributed by atoms with E-state index in [2.05, 4.69) is 50.3 Å². The maximum absolute atomic E-state index is 4.32. The van der Waals surface area contributed by atoms with Gasteiger partial charge in [0, 0.05) is 15.5 Å². The van der Waals surface area contributed by atoms with Gasteiger partial charge in [0.05, 0.1) is 5.52 Å². The van der Waals surface area contributed by atoms with Crippen LogP contribution in [0.5, 0.6) is 0 Å². The van der Waals surface area contributed by atoms with Crippen LogP contribution in [0, 0.1) is 6.92 Å². The van der Waals surface area contributed by atoms with Gasteiger partial charge in [-0.2, -0.15) is 0 Å². The average Bonchev–Trinajstić information content (AvgIpc) is 2.42. The van der Waals surface area contributed by atoms with E-state index in [0.29, 0.717) is 0 Å². The van der Waals surface area contributed by atoms with Crippen LogP contribution < -0.4 is 5.32 Å². The van der Waals surface area contributed by atoms with Crippen molar-refractivity contribution in [2.75, 3.05) is 5.32 Å². The van der Waals surface area contributed by atoms with Crippen LogP contribution in [0.4, 0.5) is 11.5 Å². The standard InChI is InChI=1S/C15H12BrN3/c1-10-2-5-12(6-3-10)19-15-13-8-11(16)4-7-14(13)17-9-18-15/h2-9H,1H3,(H,17,18,19). The first-order chi connectivity index (χ1) is 9.22. The molecule has 0 fully saturated rings. The van der Waals surface area contributed by atoms with Gasteiger partial charge >= 0.3 is 0 Å². The summed E-state index contributed by atoms with van der Waals surface area (Å²) in [4.78, 5) is 8.59. The van der Waals surface area contributed by atoms with Gasteiger partial charge in [-0.15, -0.1) is 0 Å². The van der Waals surface area contributed by atoms with Crippen molar-refractivity contribution in [2.24, 2.45) is 0 Å². The fourth-order valence-corrected chi connectivity index (χ4v) is 2.26. The molecular formula is C15H12BrN3. The molecule has 0 aliphatic carbocycles. The first kappa shape index (κ1) is 12.1. The highest BCUT2D eigenvalue weighted by Gasteiger charge is 2.04. The average molecular weight is 314 g/mol. The number of benzene rings is 2. The second-order valence-electron chi connectivity index (χ2n) is 4.37. The smallest absolute Gasteiger partial charge is 0.141 e. The van der Waals surface area contributed by atoms with E-state index in [4.69, 9.17) is 0 Å². The molecule has 0 saturated carbocycles. The zero-order valence-electron chi connectivity index (χ0n) is 10.4. The van der Waals surface area contributed by atoms with Gasteiger partial charge in [-0.05, 0) is 37.3 Å². The van der Waals surface area contributed by atoms with Gasteiger partial charge in [-0.1, -0.05) is 33.6 Å². The number of halogens is 1. The summed E-state index contributed by atoms with van der Waals surface area (Å²) in [6, 6.07) is 14.2. The number of anilines is 2. The Morgan fingerprint density at radius 1 is 1.00 bits per heavy atom. The number of nitrogens with one attached hydrogen (secondary N) is 1. The minimum Gasteiger partial charge on any atom is -0.340 e. The third-order valence-corrected chi connectivity index (χ3v) is 3.40. The van der Waals surface area contributed by atoms with Gasteiger partial charge < -0.3 is 5.32 Å². The number of hydrogen-bond acceptors (Lipinski definition) is 3. The Kier molecular flexibility index (Phi) is 3.17. The van der Waals surface area contributed by atoms with Gasteiger partial charge in [0.25, 0.3) is 0 Å². The van der Waals surface area contributed by atoms with E-state index in [9.17, 15) is 0 Å². The van der Waals surface area contributed by atoms with Crippen LogP contribution in [0.15, 0.2) is 53.3 Å². The van der Waals surface area contributed by atoms with Crippen LogP contribution in [-0.4, -0.2) is 9.97 Å². The molecule has 3 nitrogen and oxygen atoms in total. The van der Waals surface area contributed by atoms with Crippen LogP contribution in [-0.2, 0) is 0 Å². The Bertz CT molecular complexity index is 723. The van der Waals surface area contributed by atoms with Crippen molar-refractivity contribution in [3.05, 3.63) is 58.8 Å². The molecule has 0 bridgehead atoms. The Labute approximate surface area is 119 Å². The Morgan fingerprint density at radius 2 is 1.79 bits per heavy atom. The summed E-state index contributed by atoms with van der Waals surface area (Å²) >= 11 is 3.48. The molecule has 3 rings (SSSR count). The van der Waals surface area contributed by atoms with Crippen molar-refractivity contribution in [2.45, 2.75) is 6.92 Å². The van der Waals surface area contributed by atoms with Gasteiger partial charge in [0.2, 0.25) is 0 Å². The molecule has 19 heavy (non-hydrogen) atoms. The third-order valence-electron chi connectivity index (χ3n) is 2.91. The lowest BCUT2D eigenvalue weighted by Crippen LogP contribution is -1.95. The molecule has 0 aliphatic rings. The van der Waals surface area contributed by atoms with E-state index in [1.807, 2.05) is 30.3 Å². The highest BCUT2D eigenvalue weighted by atomic mass is 79.9. The number of fused-ring (bicyclic) bond motifs is 1. The molecule has 94 valence electrons. The van der Waals surface area contributed by atoms with E-state index < -0.39 is 0 Å². The second kappa shape index (κ2) is 4.97. The molecular weight excluding hydrogens is 302 g/mol. The molecule has 1 N–H and O–H groups in total. The lowest BCUT2D eigenvalue weighted by molar-refractivity contribution is 1.22. The summed E-state index contributed by atoms with van der Waals surface area (Å²) in [5.74, 6) is 0.815. The molecule has 2 aromatic carbocycles. The molecule has 0 amide bonds. The van der Waals surface area contributed by atoms with Crippen LogP contribution in [0.3, 0.4) is 0 Å². The first-order valence-electron chi connectivity index (χ1n) is 5.96. The largest absolute Gasteiger partial charge is 0.340 e. The molecule has 1 aromatic heterocycles. The van der Waals surface area contributed by atoms with Gasteiger partial charge in [0.1, 0.15) is 12.1 Å². The molecule has 0 radical (unpaired) electrons. The van der Waals surface area contributed by atoms with Crippen molar-refractivity contribution in [1.82, 2.24) is 9.97 Å². The maximum atomic E-state index is 4.32. The zero-order chi connectivity index (χ0) is 13.2. The summed E-state index contributed by atoms with van der Waals surface area (Å²) in [5.41, 5.74) is 3.18. The van der Waals surface area contributed by atoms with Crippen LogP contribution >= 0.6 is 15.9 Å². The Balaban J connectivity index is 2.05. The summed E-state index contributed by atoms with van der Waals surface area (Å²) in [6.45, 7) is 2.07. The van der Waals surface area contributed by atoms with E-state index >= 15 is 0 Å². The number of aromatic nitrogens is 2. The topological polar surface area (TPSA) is 37.8 Å². The fraction of sp³-hybridized carbons (Fsp3) is 0.0667. The highest BCUT2D eigenvalue weighted by molar-refractivity contribution is 9.10. The SMILES string of the molecule is Cc1ccc(Nc2ncnc3ccc(Br)cc23)cc1. The maximum Gasteiger partial charge on any atom is 0.141 e. The fourth-order valence-electron chi connectivity index (χ4n) is 1.90. The number of rotatable bonds is 2. The van der Waals surface area contributed by atoms with E-state index in [1.54, 1.807) is 6.33 Å². The minimum absolute atomic E-state index is 0.815. The number of nitrogens with zero attached hydrogens (tertiary/aromatic N) is 2. The third kappa shape index (κ3) is 2.58. The van der Waals surface area contributed by atoms with Crippen molar-refractivity contribution < 1.29 is 0 Å². The lowest BCUT2D eigenvalue weighted by atomic mass is 10.2. The van der Waals surface area contributed by atoms with Crippen molar-refractivity contribution in [1.29, 1.82) is 0 Å². The quantitative estimate of drug-likeness (QED) is 0.759. The molecule has 1 heterocycles. The zero-order valence-corrected chi connectivity index (χ0v) is 12.0. The summed E-state index contributed by atoms with van der Waals surface area (Å²) < 4.78 is 1.02. The van der Waals surface area contributed by atoms with Crippen LogP contribution in [0.2, 0.25) is 0 Å². The van der Waals surface area contributed by atoms with Crippen molar-refractivity contribution in [3.8, 4) is 0 Å². The van der Waals surface area contributed by atoms with Crippen molar-refractivity contribution in [3.63, 3.8) is 0 Å². The van der Waals surface area contributed by atoms with Gasteiger partial charge in [-0.3, -0.25) is 0 Å². The predicted octanol–water partition coefficient (Wildman–Crippen LogP) is 4.44. The molecule has 0 spiro atoms. The van der Waals surface area contributed by atoms with Crippen LogP contribution in [0.25, 0.3) is 10.9 Å². The lowest BCUT2D eigenvalue weighted by Gasteiger charge is -2.08. The Morgan fingerprint density at radius 3 is 2.58 bits per heavy atom. The monoisotopic (exact) mass is 313 g/mol. The number of hydrogen-bond donors (Lipinski definition) is 1. The molecule has 3 aromatic rings. The molecule has 0 aliphatic heterocycles. The summed E-state index contributed by atoms with van der Waals surface area (Å²) in [6.07, 6.45) is 1.58. The summed E-state index contributed by atoms with van der Waals surface area (Å²) in [7, 11) is 0. The van der Waals surface area contributed by atoms with Crippen molar-refractivity contribution >= 4 is 38.3 Å². The summed E-state index contributed by atoms with van der Waals surface area (Å²) in [5, 5.41) is 4.33. The molecule has 0 saturated heterocycles. The molecule has 0 atom stereocenters. The second-order valence-corrected chi connectivity index (χ2v) is 5.29. The van der Waals surface area contributed by atoms with E-state index in [-0.39, 0.29) is 0 Å².